The van der Waals surface area contributed by atoms with Gasteiger partial charge in [-0.25, -0.2) is 4.98 Å². The van der Waals surface area contributed by atoms with Crippen molar-refractivity contribution >= 4 is 17.7 Å². The van der Waals surface area contributed by atoms with Gasteiger partial charge in [-0.1, -0.05) is 18.2 Å². The molecule has 3 aromatic rings. The van der Waals surface area contributed by atoms with Gasteiger partial charge in [-0.3, -0.25) is 4.79 Å². The summed E-state index contributed by atoms with van der Waals surface area (Å²) in [5, 5.41) is 2.92. The highest BCUT2D eigenvalue weighted by Crippen LogP contribution is 2.32. The number of thioether (sulfide) groups is 1. The summed E-state index contributed by atoms with van der Waals surface area (Å²) >= 11 is 1.04. The average molecular weight is 435 g/mol. The summed E-state index contributed by atoms with van der Waals surface area (Å²) in [5.74, 6) is 0.973. The van der Waals surface area contributed by atoms with E-state index in [0.717, 1.165) is 29.5 Å². The van der Waals surface area contributed by atoms with Gasteiger partial charge in [0.05, 0.1) is 18.4 Å². The monoisotopic (exact) mass is 435 g/mol. The van der Waals surface area contributed by atoms with Crippen LogP contribution in [-0.2, 0) is 18.0 Å². The number of carbonyl (C=O) groups excluding carboxylic acids is 1. The first-order valence-corrected chi connectivity index (χ1v) is 9.97. The van der Waals surface area contributed by atoms with Crippen LogP contribution in [0.1, 0.15) is 23.0 Å². The summed E-state index contributed by atoms with van der Waals surface area (Å²) in [6.07, 6.45) is -1.01. The highest BCUT2D eigenvalue weighted by atomic mass is 32.2. The van der Waals surface area contributed by atoms with Crippen molar-refractivity contribution in [2.75, 3.05) is 12.9 Å². The van der Waals surface area contributed by atoms with Crippen molar-refractivity contribution in [3.63, 3.8) is 0 Å². The molecule has 2 aromatic carbocycles. The molecule has 1 unspecified atom stereocenters. The molecule has 0 aliphatic heterocycles. The minimum atomic E-state index is -4.42. The summed E-state index contributed by atoms with van der Waals surface area (Å²) < 4.78 is 45.6. The lowest BCUT2D eigenvalue weighted by Crippen LogP contribution is -2.32. The van der Waals surface area contributed by atoms with Crippen molar-refractivity contribution in [3.8, 4) is 5.75 Å². The van der Waals surface area contributed by atoms with E-state index in [2.05, 4.69) is 10.3 Å². The lowest BCUT2D eigenvalue weighted by Gasteiger charge is -2.19. The van der Waals surface area contributed by atoms with E-state index in [1.807, 2.05) is 19.2 Å². The van der Waals surface area contributed by atoms with Crippen LogP contribution in [-0.4, -0.2) is 28.3 Å². The Balaban J connectivity index is 1.73. The van der Waals surface area contributed by atoms with Gasteiger partial charge in [0.25, 0.3) is 0 Å². The molecule has 0 aliphatic rings. The van der Waals surface area contributed by atoms with E-state index in [4.69, 9.17) is 4.74 Å². The van der Waals surface area contributed by atoms with Crippen molar-refractivity contribution in [1.29, 1.82) is 0 Å². The van der Waals surface area contributed by atoms with E-state index in [0.29, 0.717) is 16.5 Å². The topological polar surface area (TPSA) is 56.1 Å². The Bertz CT molecular complexity index is 1000. The minimum absolute atomic E-state index is 0.0294. The zero-order valence-corrected chi connectivity index (χ0v) is 17.1. The van der Waals surface area contributed by atoms with E-state index < -0.39 is 17.8 Å². The van der Waals surface area contributed by atoms with Gasteiger partial charge in [-0.15, -0.1) is 11.8 Å². The maximum atomic E-state index is 12.9. The van der Waals surface area contributed by atoms with E-state index in [1.54, 1.807) is 42.3 Å². The molecule has 1 atom stereocenters. The van der Waals surface area contributed by atoms with Gasteiger partial charge in [0.15, 0.2) is 0 Å². The molecule has 1 aromatic heterocycles. The number of rotatable bonds is 7. The Morgan fingerprint density at radius 2 is 1.97 bits per heavy atom. The number of halogens is 3. The second-order valence-corrected chi connectivity index (χ2v) is 7.53. The number of imidazole rings is 1. The number of ether oxygens (including phenoxy) is 1. The number of methoxy groups -OCH3 is 1. The zero-order chi connectivity index (χ0) is 21.7. The normalized spacial score (nSPS) is 12.4. The molecule has 3 rings (SSSR count). The van der Waals surface area contributed by atoms with Crippen molar-refractivity contribution in [2.24, 2.45) is 7.05 Å². The highest BCUT2D eigenvalue weighted by Gasteiger charge is 2.30. The number of amides is 1. The molecular weight excluding hydrogens is 415 g/mol. The van der Waals surface area contributed by atoms with Gasteiger partial charge in [-0.05, 0) is 35.9 Å². The van der Waals surface area contributed by atoms with Crippen LogP contribution in [0, 0.1) is 0 Å². The quantitative estimate of drug-likeness (QED) is 0.558. The number of alkyl halides is 3. The maximum Gasteiger partial charge on any atom is 0.416 e. The molecule has 0 fully saturated rings. The molecule has 1 heterocycles. The predicted octanol–water partition coefficient (Wildman–Crippen LogP) is 4.45. The Hall–Kier alpha value is -2.94. The van der Waals surface area contributed by atoms with Gasteiger partial charge < -0.3 is 14.6 Å². The van der Waals surface area contributed by atoms with E-state index in [1.165, 1.54) is 6.07 Å². The van der Waals surface area contributed by atoms with Crippen molar-refractivity contribution in [3.05, 3.63) is 77.9 Å². The van der Waals surface area contributed by atoms with Crippen LogP contribution in [0.15, 0.2) is 65.8 Å². The maximum absolute atomic E-state index is 12.9. The van der Waals surface area contributed by atoms with Crippen LogP contribution in [0.2, 0.25) is 0 Å². The number of nitrogens with zero attached hydrogens (tertiary/aromatic N) is 2. The second-order valence-electron chi connectivity index (χ2n) is 6.48. The first kappa shape index (κ1) is 21.8. The Morgan fingerprint density at radius 3 is 2.57 bits per heavy atom. The molecule has 0 saturated heterocycles. The molecule has 0 spiro atoms. The van der Waals surface area contributed by atoms with Crippen LogP contribution < -0.4 is 10.1 Å². The van der Waals surface area contributed by atoms with Crippen molar-refractivity contribution in [1.82, 2.24) is 14.9 Å². The molecule has 9 heteroatoms. The number of nitrogens with one attached hydrogen (secondary N) is 1. The summed E-state index contributed by atoms with van der Waals surface area (Å²) in [4.78, 5) is 17.3. The predicted molar refractivity (Wildman–Crippen MR) is 108 cm³/mol. The number of benzene rings is 2. The Kier molecular flexibility index (Phi) is 6.71. The van der Waals surface area contributed by atoms with Crippen LogP contribution in [0.25, 0.3) is 0 Å². The summed E-state index contributed by atoms with van der Waals surface area (Å²) in [5.41, 5.74) is 0.0690. The van der Waals surface area contributed by atoms with Crippen LogP contribution in [0.4, 0.5) is 13.2 Å². The van der Waals surface area contributed by atoms with Crippen molar-refractivity contribution in [2.45, 2.75) is 17.1 Å². The van der Waals surface area contributed by atoms with Gasteiger partial charge >= 0.3 is 6.18 Å². The Labute approximate surface area is 176 Å². The van der Waals surface area contributed by atoms with Crippen molar-refractivity contribution < 1.29 is 22.7 Å². The third kappa shape index (κ3) is 5.35. The summed E-state index contributed by atoms with van der Waals surface area (Å²) in [6.45, 7) is 0. The molecule has 5 nitrogen and oxygen atoms in total. The third-order valence-electron chi connectivity index (χ3n) is 4.40. The number of carbonyl (C=O) groups is 1. The molecule has 0 radical (unpaired) electrons. The number of aromatic nitrogens is 2. The fourth-order valence-corrected chi connectivity index (χ4v) is 3.63. The first-order chi connectivity index (χ1) is 14.3. The van der Waals surface area contributed by atoms with E-state index in [9.17, 15) is 18.0 Å². The molecule has 1 amide bonds. The largest absolute Gasteiger partial charge is 0.497 e. The Morgan fingerprint density at radius 1 is 1.23 bits per heavy atom. The molecule has 158 valence electrons. The summed E-state index contributed by atoms with van der Waals surface area (Å²) in [6, 6.07) is 11.7. The van der Waals surface area contributed by atoms with Crippen LogP contribution in [0.3, 0.4) is 0 Å². The van der Waals surface area contributed by atoms with Gasteiger partial charge in [0.2, 0.25) is 5.91 Å². The first-order valence-electron chi connectivity index (χ1n) is 8.98. The lowest BCUT2D eigenvalue weighted by atomic mass is 10.1. The second kappa shape index (κ2) is 9.25. The van der Waals surface area contributed by atoms with Crippen LogP contribution in [0.5, 0.6) is 5.75 Å². The third-order valence-corrected chi connectivity index (χ3v) is 5.40. The van der Waals surface area contributed by atoms with E-state index >= 15 is 0 Å². The number of hydrogen-bond acceptors (Lipinski definition) is 4. The number of hydrogen-bond donors (Lipinski definition) is 1. The fourth-order valence-electron chi connectivity index (χ4n) is 2.86. The fraction of sp³-hybridized carbons (Fsp3) is 0.238. The van der Waals surface area contributed by atoms with E-state index in [-0.39, 0.29) is 11.7 Å². The smallest absolute Gasteiger partial charge is 0.416 e. The zero-order valence-electron chi connectivity index (χ0n) is 16.3. The van der Waals surface area contributed by atoms with Gasteiger partial charge in [0, 0.05) is 24.3 Å². The van der Waals surface area contributed by atoms with Crippen LogP contribution >= 0.6 is 11.8 Å². The molecule has 0 bridgehead atoms. The molecule has 1 N–H and O–H groups in total. The standard InChI is InChI=1S/C21H20F3N3O2S/c1-27-11-10-25-20(27)19(14-6-8-16(29-2)9-7-14)26-18(28)13-30-17-5-3-4-15(12-17)21(22,23)24/h3-12,19H,13H2,1-2H3,(H,26,28). The highest BCUT2D eigenvalue weighted by molar-refractivity contribution is 8.00. The molecule has 0 saturated carbocycles. The lowest BCUT2D eigenvalue weighted by molar-refractivity contribution is -0.137. The minimum Gasteiger partial charge on any atom is -0.497 e. The molecule has 30 heavy (non-hydrogen) atoms. The summed E-state index contributed by atoms with van der Waals surface area (Å²) in [7, 11) is 3.39. The molecular formula is C21H20F3N3O2S. The average Bonchev–Trinajstić information content (AvgIpc) is 3.16. The van der Waals surface area contributed by atoms with Gasteiger partial charge in [0.1, 0.15) is 17.6 Å². The van der Waals surface area contributed by atoms with Gasteiger partial charge in [-0.2, -0.15) is 13.2 Å². The molecule has 0 aliphatic carbocycles. The SMILES string of the molecule is COc1ccc(C(NC(=O)CSc2cccc(C(F)(F)F)c2)c2nccn2C)cc1. The number of aryl methyl sites for hydroxylation is 1.